The highest BCUT2D eigenvalue weighted by Crippen LogP contribution is 2.06. The van der Waals surface area contributed by atoms with E-state index in [4.69, 9.17) is 5.73 Å². The molecule has 3 heteroatoms. The van der Waals surface area contributed by atoms with Gasteiger partial charge in [-0.3, -0.25) is 4.79 Å². The average Bonchev–Trinajstić information content (AvgIpc) is 2.27. The maximum absolute atomic E-state index is 11.7. The molecule has 0 fully saturated rings. The first kappa shape index (κ1) is 10.7. The summed E-state index contributed by atoms with van der Waals surface area (Å²) < 4.78 is 0. The molecule has 0 atom stereocenters. The molecule has 0 spiro atoms. The maximum atomic E-state index is 11.7. The van der Waals surface area contributed by atoms with Crippen molar-refractivity contribution in [3.05, 3.63) is 35.4 Å². The van der Waals surface area contributed by atoms with Gasteiger partial charge in [0.25, 0.3) is 5.91 Å². The van der Waals surface area contributed by atoms with Crippen molar-refractivity contribution in [3.63, 3.8) is 0 Å². The van der Waals surface area contributed by atoms with Gasteiger partial charge in [0, 0.05) is 25.7 Å². The van der Waals surface area contributed by atoms with Gasteiger partial charge in [-0.1, -0.05) is 12.1 Å². The van der Waals surface area contributed by atoms with Crippen molar-refractivity contribution in [1.82, 2.24) is 4.90 Å². The highest BCUT2D eigenvalue weighted by Gasteiger charge is 2.08. The maximum Gasteiger partial charge on any atom is 0.253 e. The lowest BCUT2D eigenvalue weighted by atomic mass is 10.1. The second-order valence-electron chi connectivity index (χ2n) is 3.22. The number of nitrogens with zero attached hydrogens (tertiary/aromatic N) is 1. The fraction of sp³-hybridized carbons (Fsp3) is 0.364. The normalized spacial score (nSPS) is 9.93. The molecule has 1 aromatic rings. The lowest BCUT2D eigenvalue weighted by Crippen LogP contribution is -2.26. The molecule has 0 unspecified atom stereocenters. The number of amides is 1. The predicted octanol–water partition coefficient (Wildman–Crippen LogP) is 1.24. The van der Waals surface area contributed by atoms with E-state index in [9.17, 15) is 4.79 Å². The van der Waals surface area contributed by atoms with Gasteiger partial charge in [0.1, 0.15) is 0 Å². The number of benzene rings is 1. The second kappa shape index (κ2) is 4.77. The van der Waals surface area contributed by atoms with Crippen LogP contribution in [0.15, 0.2) is 24.3 Å². The monoisotopic (exact) mass is 192 g/mol. The van der Waals surface area contributed by atoms with Crippen LogP contribution in [0.4, 0.5) is 0 Å². The summed E-state index contributed by atoms with van der Waals surface area (Å²) in [7, 11) is 1.79. The van der Waals surface area contributed by atoms with Crippen LogP contribution in [-0.4, -0.2) is 24.4 Å². The Morgan fingerprint density at radius 2 is 1.93 bits per heavy atom. The van der Waals surface area contributed by atoms with E-state index >= 15 is 0 Å². The van der Waals surface area contributed by atoms with Crippen molar-refractivity contribution in [1.29, 1.82) is 0 Å². The van der Waals surface area contributed by atoms with Gasteiger partial charge in [0.2, 0.25) is 0 Å². The third-order valence-corrected chi connectivity index (χ3v) is 2.26. The third kappa shape index (κ3) is 2.33. The van der Waals surface area contributed by atoms with Gasteiger partial charge < -0.3 is 10.6 Å². The molecule has 1 rings (SSSR count). The molecule has 0 radical (unpaired) electrons. The zero-order valence-corrected chi connectivity index (χ0v) is 8.66. The van der Waals surface area contributed by atoms with Gasteiger partial charge in [0.15, 0.2) is 0 Å². The number of carbonyl (C=O) groups is 1. The molecule has 0 aliphatic carbocycles. The lowest BCUT2D eigenvalue weighted by molar-refractivity contribution is 0.0802. The van der Waals surface area contributed by atoms with Crippen LogP contribution in [0.3, 0.4) is 0 Å². The van der Waals surface area contributed by atoms with E-state index < -0.39 is 0 Å². The Hall–Kier alpha value is -1.35. The molecule has 0 bridgehead atoms. The first-order valence-corrected chi connectivity index (χ1v) is 4.73. The van der Waals surface area contributed by atoms with Crippen molar-refractivity contribution in [3.8, 4) is 0 Å². The smallest absolute Gasteiger partial charge is 0.253 e. The van der Waals surface area contributed by atoms with Gasteiger partial charge in [-0.2, -0.15) is 0 Å². The molecule has 1 amide bonds. The minimum atomic E-state index is 0.0519. The first-order chi connectivity index (χ1) is 6.69. The predicted molar refractivity (Wildman–Crippen MR) is 57.0 cm³/mol. The van der Waals surface area contributed by atoms with Crippen LogP contribution in [0, 0.1) is 0 Å². The van der Waals surface area contributed by atoms with Crippen molar-refractivity contribution in [2.45, 2.75) is 13.5 Å². The molecule has 0 aliphatic heterocycles. The molecule has 0 saturated carbocycles. The molecule has 2 N–H and O–H groups in total. The summed E-state index contributed by atoms with van der Waals surface area (Å²) >= 11 is 0. The van der Waals surface area contributed by atoms with Gasteiger partial charge in [-0.05, 0) is 24.6 Å². The molecule has 76 valence electrons. The Kier molecular flexibility index (Phi) is 3.65. The van der Waals surface area contributed by atoms with Gasteiger partial charge in [-0.25, -0.2) is 0 Å². The van der Waals surface area contributed by atoms with Gasteiger partial charge in [-0.15, -0.1) is 0 Å². The molecule has 0 aromatic heterocycles. The SMILES string of the molecule is CCN(C)C(=O)c1ccc(CN)cc1. The van der Waals surface area contributed by atoms with E-state index in [1.807, 2.05) is 31.2 Å². The fourth-order valence-corrected chi connectivity index (χ4v) is 1.15. The third-order valence-electron chi connectivity index (χ3n) is 2.26. The number of rotatable bonds is 3. The summed E-state index contributed by atoms with van der Waals surface area (Å²) in [5, 5.41) is 0. The van der Waals surface area contributed by atoms with Crippen molar-refractivity contribution in [2.75, 3.05) is 13.6 Å². The Labute approximate surface area is 84.5 Å². The van der Waals surface area contributed by atoms with Crippen molar-refractivity contribution < 1.29 is 4.79 Å². The number of hydrogen-bond acceptors (Lipinski definition) is 2. The van der Waals surface area contributed by atoms with Crippen LogP contribution in [0.2, 0.25) is 0 Å². The lowest BCUT2D eigenvalue weighted by Gasteiger charge is -2.14. The molecule has 1 aromatic carbocycles. The van der Waals surface area contributed by atoms with Crippen LogP contribution in [-0.2, 0) is 6.54 Å². The van der Waals surface area contributed by atoms with E-state index in [2.05, 4.69) is 0 Å². The van der Waals surface area contributed by atoms with E-state index in [1.54, 1.807) is 11.9 Å². The molecular weight excluding hydrogens is 176 g/mol. The summed E-state index contributed by atoms with van der Waals surface area (Å²) in [4.78, 5) is 13.3. The summed E-state index contributed by atoms with van der Waals surface area (Å²) in [6.07, 6.45) is 0. The van der Waals surface area contributed by atoms with Crippen LogP contribution in [0.25, 0.3) is 0 Å². The van der Waals surface area contributed by atoms with E-state index in [0.29, 0.717) is 12.1 Å². The van der Waals surface area contributed by atoms with E-state index in [0.717, 1.165) is 12.1 Å². The van der Waals surface area contributed by atoms with E-state index in [1.165, 1.54) is 0 Å². The zero-order valence-electron chi connectivity index (χ0n) is 8.66. The zero-order chi connectivity index (χ0) is 10.6. The van der Waals surface area contributed by atoms with Crippen LogP contribution in [0.5, 0.6) is 0 Å². The molecule has 0 saturated heterocycles. The molecule has 0 heterocycles. The largest absolute Gasteiger partial charge is 0.342 e. The minimum absolute atomic E-state index is 0.0519. The van der Waals surface area contributed by atoms with Crippen molar-refractivity contribution >= 4 is 5.91 Å². The van der Waals surface area contributed by atoms with Crippen molar-refractivity contribution in [2.24, 2.45) is 5.73 Å². The number of carbonyl (C=O) groups excluding carboxylic acids is 1. The molecule has 14 heavy (non-hydrogen) atoms. The highest BCUT2D eigenvalue weighted by atomic mass is 16.2. The van der Waals surface area contributed by atoms with Crippen LogP contribution >= 0.6 is 0 Å². The fourth-order valence-electron chi connectivity index (χ4n) is 1.15. The van der Waals surface area contributed by atoms with E-state index in [-0.39, 0.29) is 5.91 Å². The average molecular weight is 192 g/mol. The summed E-state index contributed by atoms with van der Waals surface area (Å²) in [6.45, 7) is 3.18. The topological polar surface area (TPSA) is 46.3 Å². The molecular formula is C11H16N2O. The summed E-state index contributed by atoms with van der Waals surface area (Å²) in [6, 6.07) is 7.40. The molecule has 0 aliphatic rings. The highest BCUT2D eigenvalue weighted by molar-refractivity contribution is 5.94. The van der Waals surface area contributed by atoms with Crippen LogP contribution in [0.1, 0.15) is 22.8 Å². The Morgan fingerprint density at radius 1 is 1.36 bits per heavy atom. The Balaban J connectivity index is 2.81. The number of nitrogens with two attached hydrogens (primary N) is 1. The Morgan fingerprint density at radius 3 is 2.36 bits per heavy atom. The van der Waals surface area contributed by atoms with Gasteiger partial charge >= 0.3 is 0 Å². The second-order valence-corrected chi connectivity index (χ2v) is 3.22. The van der Waals surface area contributed by atoms with Gasteiger partial charge in [0.05, 0.1) is 0 Å². The minimum Gasteiger partial charge on any atom is -0.342 e. The Bertz CT molecular complexity index is 306. The standard InChI is InChI=1S/C11H16N2O/c1-3-13(2)11(14)10-6-4-9(8-12)5-7-10/h4-7H,3,8,12H2,1-2H3. The summed E-state index contributed by atoms with van der Waals surface area (Å²) in [5.41, 5.74) is 7.22. The molecule has 3 nitrogen and oxygen atoms in total. The summed E-state index contributed by atoms with van der Waals surface area (Å²) in [5.74, 6) is 0.0519. The van der Waals surface area contributed by atoms with Crippen LogP contribution < -0.4 is 5.73 Å². The number of hydrogen-bond donors (Lipinski definition) is 1. The quantitative estimate of drug-likeness (QED) is 0.783. The first-order valence-electron chi connectivity index (χ1n) is 4.73.